The molecule has 2 aromatic rings. The summed E-state index contributed by atoms with van der Waals surface area (Å²) in [6, 6.07) is 12.7. The maximum absolute atomic E-state index is 12.3. The normalized spacial score (nSPS) is 11.2. The minimum Gasteiger partial charge on any atom is -0.493 e. The van der Waals surface area contributed by atoms with Crippen molar-refractivity contribution in [3.8, 4) is 11.5 Å². The smallest absolute Gasteiger partial charge is 0.270 e. The summed E-state index contributed by atoms with van der Waals surface area (Å²) < 4.78 is 10.6. The first-order chi connectivity index (χ1) is 12.0. The fraction of sp³-hybridized carbons (Fsp3) is 0.211. The topological polar surface area (TPSA) is 48.0 Å². The Morgan fingerprint density at radius 1 is 0.960 bits per heavy atom. The monoisotopic (exact) mass is 361 g/mol. The van der Waals surface area contributed by atoms with Crippen LogP contribution in [0.25, 0.3) is 5.57 Å². The molecule has 0 heterocycles. The van der Waals surface area contributed by atoms with Crippen molar-refractivity contribution in [2.75, 3.05) is 28.4 Å². The van der Waals surface area contributed by atoms with Crippen molar-refractivity contribution in [1.29, 1.82) is 0 Å². The van der Waals surface area contributed by atoms with Gasteiger partial charge in [-0.2, -0.15) is 0 Å². The second-order valence-corrected chi connectivity index (χ2v) is 5.59. The number of hydrogen-bond donors (Lipinski definition) is 0. The van der Waals surface area contributed by atoms with Gasteiger partial charge in [0.2, 0.25) is 0 Å². The van der Waals surface area contributed by atoms with E-state index in [1.54, 1.807) is 39.5 Å². The summed E-state index contributed by atoms with van der Waals surface area (Å²) in [7, 11) is 6.12. The number of carbonyl (C=O) groups is 1. The van der Waals surface area contributed by atoms with E-state index in [1.165, 1.54) is 13.2 Å². The van der Waals surface area contributed by atoms with Gasteiger partial charge in [0.05, 0.1) is 21.3 Å². The number of rotatable bonds is 6. The fourth-order valence-electron chi connectivity index (χ4n) is 2.27. The first-order valence-electron chi connectivity index (χ1n) is 7.52. The third-order valence-electron chi connectivity index (χ3n) is 3.70. The van der Waals surface area contributed by atoms with Gasteiger partial charge in [-0.1, -0.05) is 29.8 Å². The maximum Gasteiger partial charge on any atom is 0.270 e. The Hall–Kier alpha value is -2.50. The lowest BCUT2D eigenvalue weighted by Gasteiger charge is -2.15. The molecule has 2 aromatic carbocycles. The summed E-state index contributed by atoms with van der Waals surface area (Å²) >= 11 is 5.98. The number of methoxy groups -OCH3 is 2. The molecule has 0 N–H and O–H groups in total. The van der Waals surface area contributed by atoms with Gasteiger partial charge in [0.15, 0.2) is 11.5 Å². The lowest BCUT2D eigenvalue weighted by molar-refractivity contribution is -0.162. The molecule has 0 atom stereocenters. The van der Waals surface area contributed by atoms with Crippen LogP contribution in [-0.2, 0) is 9.63 Å². The standard InChI is InChI=1S/C19H20ClNO4/c1-21(25-4)19(22)12-16(13-5-8-15(20)9-6-13)14-7-10-17(23-2)18(11-14)24-3/h5-12H,1-4H3. The molecule has 132 valence electrons. The highest BCUT2D eigenvalue weighted by Gasteiger charge is 2.13. The molecule has 0 radical (unpaired) electrons. The molecule has 0 aliphatic carbocycles. The molecular formula is C19H20ClNO4. The zero-order valence-electron chi connectivity index (χ0n) is 14.6. The number of hydrogen-bond acceptors (Lipinski definition) is 4. The van der Waals surface area contributed by atoms with Crippen LogP contribution in [-0.4, -0.2) is 39.3 Å². The van der Waals surface area contributed by atoms with Gasteiger partial charge >= 0.3 is 0 Å². The van der Waals surface area contributed by atoms with Crippen LogP contribution in [0.5, 0.6) is 11.5 Å². The van der Waals surface area contributed by atoms with E-state index in [4.69, 9.17) is 25.9 Å². The Balaban J connectivity index is 2.57. The number of hydroxylamine groups is 2. The quantitative estimate of drug-likeness (QED) is 0.580. The number of carbonyl (C=O) groups excluding carboxylic acids is 1. The molecule has 25 heavy (non-hydrogen) atoms. The Kier molecular flexibility index (Phi) is 6.44. The molecule has 0 aromatic heterocycles. The van der Waals surface area contributed by atoms with E-state index in [1.807, 2.05) is 24.3 Å². The van der Waals surface area contributed by atoms with Gasteiger partial charge < -0.3 is 9.47 Å². The molecule has 0 saturated heterocycles. The van der Waals surface area contributed by atoms with E-state index in [2.05, 4.69) is 0 Å². The van der Waals surface area contributed by atoms with Crippen LogP contribution in [0.3, 0.4) is 0 Å². The van der Waals surface area contributed by atoms with Crippen LogP contribution in [0.15, 0.2) is 48.5 Å². The van der Waals surface area contributed by atoms with E-state index < -0.39 is 0 Å². The Bertz CT molecular complexity index is 771. The van der Waals surface area contributed by atoms with Crippen LogP contribution >= 0.6 is 11.6 Å². The largest absolute Gasteiger partial charge is 0.493 e. The highest BCUT2D eigenvalue weighted by atomic mass is 35.5. The number of benzene rings is 2. The van der Waals surface area contributed by atoms with Crippen molar-refractivity contribution in [1.82, 2.24) is 5.06 Å². The number of amides is 1. The average molecular weight is 362 g/mol. The summed E-state index contributed by atoms with van der Waals surface area (Å²) in [5.74, 6) is 0.900. The minimum absolute atomic E-state index is 0.290. The molecule has 1 amide bonds. The van der Waals surface area contributed by atoms with Crippen molar-refractivity contribution in [2.45, 2.75) is 0 Å². The Morgan fingerprint density at radius 3 is 2.12 bits per heavy atom. The van der Waals surface area contributed by atoms with Crippen molar-refractivity contribution in [3.63, 3.8) is 0 Å². The van der Waals surface area contributed by atoms with Crippen LogP contribution in [0, 0.1) is 0 Å². The summed E-state index contributed by atoms with van der Waals surface area (Å²) in [6.07, 6.45) is 1.51. The predicted molar refractivity (Wildman–Crippen MR) is 97.9 cm³/mol. The molecule has 0 saturated carbocycles. The molecule has 5 nitrogen and oxygen atoms in total. The first kappa shape index (κ1) is 18.8. The molecule has 0 fully saturated rings. The van der Waals surface area contributed by atoms with Crippen molar-refractivity contribution in [2.24, 2.45) is 0 Å². The van der Waals surface area contributed by atoms with E-state index in [-0.39, 0.29) is 5.91 Å². The van der Waals surface area contributed by atoms with Gasteiger partial charge in [0, 0.05) is 18.1 Å². The number of nitrogens with zero attached hydrogens (tertiary/aromatic N) is 1. The molecule has 0 unspecified atom stereocenters. The number of halogens is 1. The Morgan fingerprint density at radius 2 is 1.56 bits per heavy atom. The highest BCUT2D eigenvalue weighted by molar-refractivity contribution is 6.30. The van der Waals surface area contributed by atoms with E-state index in [9.17, 15) is 4.79 Å². The van der Waals surface area contributed by atoms with E-state index in [0.717, 1.165) is 16.2 Å². The Labute approximate surface area is 152 Å². The summed E-state index contributed by atoms with van der Waals surface area (Å²) in [5, 5.41) is 1.77. The fourth-order valence-corrected chi connectivity index (χ4v) is 2.40. The highest BCUT2D eigenvalue weighted by Crippen LogP contribution is 2.33. The predicted octanol–water partition coefficient (Wildman–Crippen LogP) is 3.81. The van der Waals surface area contributed by atoms with Gasteiger partial charge in [-0.15, -0.1) is 0 Å². The minimum atomic E-state index is -0.290. The van der Waals surface area contributed by atoms with Crippen LogP contribution in [0.1, 0.15) is 11.1 Å². The molecule has 0 aliphatic rings. The van der Waals surface area contributed by atoms with Crippen molar-refractivity contribution in [3.05, 3.63) is 64.7 Å². The lowest BCUT2D eigenvalue weighted by Crippen LogP contribution is -2.23. The molecular weight excluding hydrogens is 342 g/mol. The van der Waals surface area contributed by atoms with Gasteiger partial charge in [-0.3, -0.25) is 9.63 Å². The molecule has 6 heteroatoms. The second kappa shape index (κ2) is 8.55. The molecule has 0 aliphatic heterocycles. The van der Waals surface area contributed by atoms with Crippen LogP contribution < -0.4 is 9.47 Å². The first-order valence-corrected chi connectivity index (χ1v) is 7.89. The SMILES string of the molecule is COc1ccc(C(=CC(=O)N(C)OC)c2ccc(Cl)cc2)cc1OC. The van der Waals surface area contributed by atoms with Gasteiger partial charge in [0.1, 0.15) is 0 Å². The zero-order chi connectivity index (χ0) is 18.4. The maximum atomic E-state index is 12.3. The number of ether oxygens (including phenoxy) is 2. The van der Waals surface area contributed by atoms with Gasteiger partial charge in [-0.25, -0.2) is 5.06 Å². The second-order valence-electron chi connectivity index (χ2n) is 5.15. The summed E-state index contributed by atoms with van der Waals surface area (Å²) in [4.78, 5) is 17.3. The summed E-state index contributed by atoms with van der Waals surface area (Å²) in [5.41, 5.74) is 2.36. The van der Waals surface area contributed by atoms with E-state index in [0.29, 0.717) is 22.1 Å². The van der Waals surface area contributed by atoms with Crippen LogP contribution in [0.4, 0.5) is 0 Å². The average Bonchev–Trinajstić information content (AvgIpc) is 2.65. The van der Waals surface area contributed by atoms with E-state index >= 15 is 0 Å². The third kappa shape index (κ3) is 4.53. The molecule has 2 rings (SSSR count). The lowest BCUT2D eigenvalue weighted by atomic mass is 9.97. The molecule has 0 bridgehead atoms. The van der Waals surface area contributed by atoms with Crippen LogP contribution in [0.2, 0.25) is 5.02 Å². The summed E-state index contributed by atoms with van der Waals surface area (Å²) in [6.45, 7) is 0. The molecule has 0 spiro atoms. The van der Waals surface area contributed by atoms with Crippen molar-refractivity contribution < 1.29 is 19.1 Å². The third-order valence-corrected chi connectivity index (χ3v) is 3.95. The number of likely N-dealkylation sites (N-methyl/N-ethyl adjacent to an activating group) is 1. The van der Waals surface area contributed by atoms with Gasteiger partial charge in [-0.05, 0) is 41.0 Å². The van der Waals surface area contributed by atoms with Gasteiger partial charge in [0.25, 0.3) is 5.91 Å². The zero-order valence-corrected chi connectivity index (χ0v) is 15.3. The van der Waals surface area contributed by atoms with Crippen molar-refractivity contribution >= 4 is 23.1 Å².